The number of carbonyl (C=O) groups excluding carboxylic acids is 2. The zero-order chi connectivity index (χ0) is 28.4. The van der Waals surface area contributed by atoms with Crippen LogP contribution in [0.2, 0.25) is 0 Å². The van der Waals surface area contributed by atoms with Crippen molar-refractivity contribution in [2.45, 2.75) is 6.04 Å². The summed E-state index contributed by atoms with van der Waals surface area (Å²) in [6.45, 7) is 3.30. The molecule has 0 radical (unpaired) electrons. The first-order valence-electron chi connectivity index (χ1n) is 12.8. The van der Waals surface area contributed by atoms with E-state index in [9.17, 15) is 14.7 Å². The number of hydrogen-bond acceptors (Lipinski definition) is 11. The van der Waals surface area contributed by atoms with Crippen molar-refractivity contribution in [2.75, 3.05) is 74.6 Å². The topological polar surface area (TPSA) is 125 Å². The minimum absolute atomic E-state index is 0.0266. The molecule has 0 spiro atoms. The molecule has 3 heterocycles. The van der Waals surface area contributed by atoms with Crippen LogP contribution in [0.5, 0.6) is 34.5 Å². The fourth-order valence-corrected chi connectivity index (χ4v) is 5.26. The monoisotopic (exact) mass is 556 g/mol. The summed E-state index contributed by atoms with van der Waals surface area (Å²) in [5, 5.41) is 11.6. The number of hydrogen-bond donors (Lipinski definition) is 1. The van der Waals surface area contributed by atoms with Crippen molar-refractivity contribution in [1.82, 2.24) is 9.80 Å². The normalized spacial score (nSPS) is 20.1. The molecule has 3 aliphatic rings. The Labute approximate surface area is 231 Å². The van der Waals surface area contributed by atoms with Crippen molar-refractivity contribution in [3.63, 3.8) is 0 Å². The van der Waals surface area contributed by atoms with Gasteiger partial charge in [0.15, 0.2) is 23.0 Å². The molecule has 12 nitrogen and oxygen atoms in total. The van der Waals surface area contributed by atoms with Crippen LogP contribution < -0.4 is 28.4 Å². The third-order valence-electron chi connectivity index (χ3n) is 7.26. The molecule has 0 aromatic heterocycles. The molecule has 12 heteroatoms. The van der Waals surface area contributed by atoms with E-state index in [1.165, 1.54) is 33.3 Å². The second-order valence-corrected chi connectivity index (χ2v) is 9.28. The summed E-state index contributed by atoms with van der Waals surface area (Å²) in [7, 11) is 5.88. The fraction of sp³-hybridized carbons (Fsp3) is 0.429. The predicted octanol–water partition coefficient (Wildman–Crippen LogP) is 2.20. The number of fused-ring (bicyclic) bond motifs is 1. The summed E-state index contributed by atoms with van der Waals surface area (Å²) in [6, 6.07) is 5.40. The second kappa shape index (κ2) is 11.5. The Morgan fingerprint density at radius 1 is 0.925 bits per heavy atom. The van der Waals surface area contributed by atoms with E-state index < -0.39 is 17.7 Å². The Kier molecular flexibility index (Phi) is 7.90. The third kappa shape index (κ3) is 4.73. The SMILES string of the molecule is COc1ccc(C(O)=C2C(=O)C(=O)N(CCN3CCOCC3)[C@@H]2c2cc3c(c(OC)c2OC)OCO3)cc1OC. The summed E-state index contributed by atoms with van der Waals surface area (Å²) in [5.74, 6) is 0.126. The van der Waals surface area contributed by atoms with Gasteiger partial charge in [0.05, 0.1) is 53.3 Å². The lowest BCUT2D eigenvalue weighted by Gasteiger charge is -2.31. The first-order chi connectivity index (χ1) is 19.4. The average Bonchev–Trinajstić information content (AvgIpc) is 3.56. The van der Waals surface area contributed by atoms with E-state index in [1.54, 1.807) is 24.3 Å². The molecule has 3 aliphatic heterocycles. The number of likely N-dealkylation sites (tertiary alicyclic amines) is 1. The molecule has 0 saturated carbocycles. The highest BCUT2D eigenvalue weighted by molar-refractivity contribution is 6.46. The van der Waals surface area contributed by atoms with Gasteiger partial charge in [-0.3, -0.25) is 14.5 Å². The van der Waals surface area contributed by atoms with Gasteiger partial charge < -0.3 is 43.2 Å². The van der Waals surface area contributed by atoms with Crippen molar-refractivity contribution in [1.29, 1.82) is 0 Å². The van der Waals surface area contributed by atoms with E-state index in [0.29, 0.717) is 61.4 Å². The van der Waals surface area contributed by atoms with E-state index in [0.717, 1.165) is 0 Å². The number of Topliss-reactive ketones (excluding diaryl/α,β-unsaturated/α-hetero) is 1. The second-order valence-electron chi connectivity index (χ2n) is 9.28. The number of methoxy groups -OCH3 is 4. The van der Waals surface area contributed by atoms with Gasteiger partial charge in [0.25, 0.3) is 11.7 Å². The Balaban J connectivity index is 1.67. The number of carbonyl (C=O) groups is 2. The molecule has 1 amide bonds. The smallest absolute Gasteiger partial charge is 0.295 e. The van der Waals surface area contributed by atoms with E-state index in [1.807, 2.05) is 0 Å². The summed E-state index contributed by atoms with van der Waals surface area (Å²) in [4.78, 5) is 30.7. The maximum atomic E-state index is 13.6. The van der Waals surface area contributed by atoms with E-state index in [2.05, 4.69) is 4.90 Å². The summed E-state index contributed by atoms with van der Waals surface area (Å²) in [5.41, 5.74) is 0.589. The van der Waals surface area contributed by atoms with Gasteiger partial charge in [-0.15, -0.1) is 0 Å². The van der Waals surface area contributed by atoms with Gasteiger partial charge in [-0.05, 0) is 24.3 Å². The van der Waals surface area contributed by atoms with Crippen LogP contribution in [-0.4, -0.2) is 101 Å². The van der Waals surface area contributed by atoms with Crippen molar-refractivity contribution < 1.29 is 47.9 Å². The van der Waals surface area contributed by atoms with Crippen molar-refractivity contribution in [3.8, 4) is 34.5 Å². The number of amides is 1. The van der Waals surface area contributed by atoms with Crippen LogP contribution >= 0.6 is 0 Å². The van der Waals surface area contributed by atoms with E-state index in [-0.39, 0.29) is 41.7 Å². The lowest BCUT2D eigenvalue weighted by Crippen LogP contribution is -2.42. The van der Waals surface area contributed by atoms with Crippen molar-refractivity contribution >= 4 is 17.4 Å². The average molecular weight is 557 g/mol. The summed E-state index contributed by atoms with van der Waals surface area (Å²) >= 11 is 0. The Morgan fingerprint density at radius 2 is 1.65 bits per heavy atom. The molecule has 214 valence electrons. The van der Waals surface area contributed by atoms with E-state index in [4.69, 9.17) is 33.2 Å². The lowest BCUT2D eigenvalue weighted by molar-refractivity contribution is -0.140. The van der Waals surface area contributed by atoms with Crippen LogP contribution in [-0.2, 0) is 14.3 Å². The van der Waals surface area contributed by atoms with Gasteiger partial charge >= 0.3 is 0 Å². The molecule has 2 saturated heterocycles. The van der Waals surface area contributed by atoms with Crippen LogP contribution in [0.3, 0.4) is 0 Å². The molecular weight excluding hydrogens is 524 g/mol. The minimum Gasteiger partial charge on any atom is -0.507 e. The molecule has 0 bridgehead atoms. The molecule has 0 aliphatic carbocycles. The maximum absolute atomic E-state index is 13.6. The number of rotatable bonds is 9. The lowest BCUT2D eigenvalue weighted by atomic mass is 9.93. The molecule has 2 aromatic carbocycles. The number of morpholine rings is 1. The number of aliphatic hydroxyl groups is 1. The third-order valence-corrected chi connectivity index (χ3v) is 7.26. The first kappa shape index (κ1) is 27.4. The molecule has 1 N–H and O–H groups in total. The van der Waals surface area contributed by atoms with Crippen molar-refractivity contribution in [2.24, 2.45) is 0 Å². The van der Waals surface area contributed by atoms with Gasteiger partial charge in [0, 0.05) is 37.3 Å². The van der Waals surface area contributed by atoms with E-state index >= 15 is 0 Å². The van der Waals surface area contributed by atoms with Gasteiger partial charge in [0.2, 0.25) is 18.3 Å². The highest BCUT2D eigenvalue weighted by Gasteiger charge is 2.48. The molecule has 2 fully saturated rings. The van der Waals surface area contributed by atoms with Crippen LogP contribution in [0.1, 0.15) is 17.2 Å². The number of benzene rings is 2. The highest BCUT2D eigenvalue weighted by atomic mass is 16.7. The fourth-order valence-electron chi connectivity index (χ4n) is 5.26. The number of nitrogens with zero attached hydrogens (tertiary/aromatic N) is 2. The molecule has 5 rings (SSSR count). The largest absolute Gasteiger partial charge is 0.507 e. The molecule has 0 unspecified atom stereocenters. The van der Waals surface area contributed by atoms with Gasteiger partial charge in [-0.2, -0.15) is 0 Å². The van der Waals surface area contributed by atoms with Crippen LogP contribution in [0.4, 0.5) is 0 Å². The number of aliphatic hydroxyl groups excluding tert-OH is 1. The zero-order valence-corrected chi connectivity index (χ0v) is 22.9. The quantitative estimate of drug-likeness (QED) is 0.278. The minimum atomic E-state index is -1.01. The molecular formula is C28H32N2O10. The molecule has 2 aromatic rings. The van der Waals surface area contributed by atoms with Crippen LogP contribution in [0, 0.1) is 0 Å². The highest BCUT2D eigenvalue weighted by Crippen LogP contribution is 2.54. The van der Waals surface area contributed by atoms with Gasteiger partial charge in [-0.1, -0.05) is 0 Å². The van der Waals surface area contributed by atoms with Crippen molar-refractivity contribution in [3.05, 3.63) is 41.0 Å². The van der Waals surface area contributed by atoms with Gasteiger partial charge in [-0.25, -0.2) is 0 Å². The van der Waals surface area contributed by atoms with Gasteiger partial charge in [0.1, 0.15) is 5.76 Å². The van der Waals surface area contributed by atoms with Crippen LogP contribution in [0.25, 0.3) is 5.76 Å². The molecule has 40 heavy (non-hydrogen) atoms. The Bertz CT molecular complexity index is 1330. The van der Waals surface area contributed by atoms with Crippen LogP contribution in [0.15, 0.2) is 29.8 Å². The number of ether oxygens (including phenoxy) is 7. The predicted molar refractivity (Wildman–Crippen MR) is 141 cm³/mol. The Hall–Kier alpha value is -4.16. The summed E-state index contributed by atoms with van der Waals surface area (Å²) < 4.78 is 38.7. The molecule has 1 atom stereocenters. The zero-order valence-electron chi connectivity index (χ0n) is 22.9. The first-order valence-corrected chi connectivity index (χ1v) is 12.8. The standard InChI is InChI=1S/C28H32N2O10/c1-34-18-6-5-16(13-19(18)35-2)23(31)21-22(17-14-20-26(40-15-39-20)27(37-4)25(17)36-3)30(28(33)24(21)32)8-7-29-9-11-38-12-10-29/h5-6,13-14,22,31H,7-12,15H2,1-4H3/t22-/m1/s1. The maximum Gasteiger partial charge on any atom is 0.295 e. The number of ketones is 1. The Morgan fingerprint density at radius 3 is 2.33 bits per heavy atom. The summed E-state index contributed by atoms with van der Waals surface area (Å²) in [6.07, 6.45) is 0.